The molecule has 0 spiro atoms. The Labute approximate surface area is 80.2 Å². The standard InChI is InChI=1S/C10H19N3/c1-3-10-12-7-9-13(10)8-5-6-11-4-2/h7,9,11H,3-6,8H2,1-2H3. The van der Waals surface area contributed by atoms with E-state index in [-0.39, 0.29) is 0 Å². The first-order valence-corrected chi connectivity index (χ1v) is 5.09. The molecular formula is C10H19N3. The van der Waals surface area contributed by atoms with Gasteiger partial charge in [0, 0.05) is 25.4 Å². The van der Waals surface area contributed by atoms with Crippen molar-refractivity contribution in [3.05, 3.63) is 18.2 Å². The van der Waals surface area contributed by atoms with Crippen LogP contribution in [-0.2, 0) is 13.0 Å². The maximum Gasteiger partial charge on any atom is 0.108 e. The van der Waals surface area contributed by atoms with Gasteiger partial charge >= 0.3 is 0 Å². The zero-order chi connectivity index (χ0) is 9.52. The minimum Gasteiger partial charge on any atom is -0.335 e. The Morgan fingerprint density at radius 1 is 1.46 bits per heavy atom. The Kier molecular flexibility index (Phi) is 4.54. The van der Waals surface area contributed by atoms with Gasteiger partial charge in [0.1, 0.15) is 5.82 Å². The molecule has 0 aliphatic carbocycles. The average Bonchev–Trinajstić information content (AvgIpc) is 2.60. The lowest BCUT2D eigenvalue weighted by molar-refractivity contribution is 0.576. The lowest BCUT2D eigenvalue weighted by Gasteiger charge is -2.06. The molecule has 1 aromatic rings. The summed E-state index contributed by atoms with van der Waals surface area (Å²) in [5.41, 5.74) is 0. The molecular weight excluding hydrogens is 162 g/mol. The van der Waals surface area contributed by atoms with E-state index in [1.807, 2.05) is 6.20 Å². The molecule has 0 radical (unpaired) electrons. The summed E-state index contributed by atoms with van der Waals surface area (Å²) < 4.78 is 2.23. The van der Waals surface area contributed by atoms with Crippen LogP contribution in [0.3, 0.4) is 0 Å². The van der Waals surface area contributed by atoms with Gasteiger partial charge in [-0.15, -0.1) is 0 Å². The highest BCUT2D eigenvalue weighted by molar-refractivity contribution is 4.91. The molecule has 1 aromatic heterocycles. The van der Waals surface area contributed by atoms with Crippen LogP contribution in [0.25, 0.3) is 0 Å². The van der Waals surface area contributed by atoms with Gasteiger partial charge < -0.3 is 9.88 Å². The Bertz CT molecular complexity index is 230. The predicted octanol–water partition coefficient (Wildman–Crippen LogP) is 1.45. The molecule has 1 N–H and O–H groups in total. The highest BCUT2D eigenvalue weighted by Crippen LogP contribution is 1.99. The largest absolute Gasteiger partial charge is 0.335 e. The van der Waals surface area contributed by atoms with E-state index in [2.05, 4.69) is 34.9 Å². The van der Waals surface area contributed by atoms with Gasteiger partial charge in [-0.1, -0.05) is 13.8 Å². The quantitative estimate of drug-likeness (QED) is 0.673. The molecule has 74 valence electrons. The molecule has 0 aliphatic rings. The van der Waals surface area contributed by atoms with Crippen molar-refractivity contribution >= 4 is 0 Å². The lowest BCUT2D eigenvalue weighted by atomic mass is 10.4. The number of imidazole rings is 1. The third kappa shape index (κ3) is 3.19. The van der Waals surface area contributed by atoms with Crippen LogP contribution in [0.2, 0.25) is 0 Å². The van der Waals surface area contributed by atoms with Crippen molar-refractivity contribution in [3.63, 3.8) is 0 Å². The third-order valence-electron chi connectivity index (χ3n) is 2.12. The molecule has 1 rings (SSSR count). The Morgan fingerprint density at radius 3 is 3.00 bits per heavy atom. The minimum atomic E-state index is 1.02. The maximum atomic E-state index is 4.28. The fourth-order valence-corrected chi connectivity index (χ4v) is 1.41. The Balaban J connectivity index is 2.27. The highest BCUT2D eigenvalue weighted by Gasteiger charge is 1.98. The number of hydrogen-bond donors (Lipinski definition) is 1. The van der Waals surface area contributed by atoms with Crippen molar-refractivity contribution in [3.8, 4) is 0 Å². The van der Waals surface area contributed by atoms with E-state index in [1.54, 1.807) is 0 Å². The molecule has 0 amide bonds. The van der Waals surface area contributed by atoms with Crippen LogP contribution in [0.1, 0.15) is 26.1 Å². The molecule has 0 atom stereocenters. The van der Waals surface area contributed by atoms with Gasteiger partial charge in [-0.2, -0.15) is 0 Å². The molecule has 0 saturated heterocycles. The summed E-state index contributed by atoms with van der Waals surface area (Å²) >= 11 is 0. The van der Waals surface area contributed by atoms with E-state index in [0.717, 1.165) is 26.1 Å². The topological polar surface area (TPSA) is 29.9 Å². The van der Waals surface area contributed by atoms with E-state index in [4.69, 9.17) is 0 Å². The summed E-state index contributed by atoms with van der Waals surface area (Å²) in [5.74, 6) is 1.19. The van der Waals surface area contributed by atoms with E-state index < -0.39 is 0 Å². The second-order valence-corrected chi connectivity index (χ2v) is 3.10. The second kappa shape index (κ2) is 5.75. The second-order valence-electron chi connectivity index (χ2n) is 3.10. The van der Waals surface area contributed by atoms with Crippen molar-refractivity contribution < 1.29 is 0 Å². The van der Waals surface area contributed by atoms with Crippen molar-refractivity contribution in [1.82, 2.24) is 14.9 Å². The molecule has 0 fully saturated rings. The summed E-state index contributed by atoms with van der Waals surface area (Å²) in [7, 11) is 0. The van der Waals surface area contributed by atoms with Crippen LogP contribution >= 0.6 is 0 Å². The molecule has 0 aromatic carbocycles. The normalized spacial score (nSPS) is 10.6. The SMILES string of the molecule is CCNCCCn1ccnc1CC. The van der Waals surface area contributed by atoms with E-state index >= 15 is 0 Å². The van der Waals surface area contributed by atoms with Crippen molar-refractivity contribution in [2.75, 3.05) is 13.1 Å². The summed E-state index contributed by atoms with van der Waals surface area (Å²) in [6.45, 7) is 7.51. The van der Waals surface area contributed by atoms with Crippen molar-refractivity contribution in [2.45, 2.75) is 33.2 Å². The van der Waals surface area contributed by atoms with Crippen LogP contribution < -0.4 is 5.32 Å². The zero-order valence-corrected chi connectivity index (χ0v) is 8.58. The number of nitrogens with one attached hydrogen (secondary N) is 1. The van der Waals surface area contributed by atoms with Gasteiger partial charge in [-0.3, -0.25) is 0 Å². The lowest BCUT2D eigenvalue weighted by Crippen LogP contribution is -2.16. The molecule has 3 nitrogen and oxygen atoms in total. The first-order chi connectivity index (χ1) is 6.38. The van der Waals surface area contributed by atoms with Gasteiger partial charge in [0.15, 0.2) is 0 Å². The summed E-state index contributed by atoms with van der Waals surface area (Å²) in [4.78, 5) is 4.28. The van der Waals surface area contributed by atoms with Gasteiger partial charge in [0.25, 0.3) is 0 Å². The van der Waals surface area contributed by atoms with Gasteiger partial charge in [-0.05, 0) is 19.5 Å². The molecule has 3 heteroatoms. The summed E-state index contributed by atoms with van der Waals surface area (Å²) in [5, 5.41) is 3.31. The van der Waals surface area contributed by atoms with E-state index in [9.17, 15) is 0 Å². The van der Waals surface area contributed by atoms with Gasteiger partial charge in [0.05, 0.1) is 0 Å². The van der Waals surface area contributed by atoms with Gasteiger partial charge in [0.2, 0.25) is 0 Å². The first kappa shape index (κ1) is 10.3. The smallest absolute Gasteiger partial charge is 0.108 e. The van der Waals surface area contributed by atoms with Crippen LogP contribution in [0.5, 0.6) is 0 Å². The Hall–Kier alpha value is -0.830. The Morgan fingerprint density at radius 2 is 2.31 bits per heavy atom. The number of nitrogens with zero attached hydrogens (tertiary/aromatic N) is 2. The molecule has 0 saturated carbocycles. The monoisotopic (exact) mass is 181 g/mol. The number of rotatable bonds is 6. The van der Waals surface area contributed by atoms with Crippen LogP contribution in [0.15, 0.2) is 12.4 Å². The van der Waals surface area contributed by atoms with Gasteiger partial charge in [-0.25, -0.2) is 4.98 Å². The van der Waals surface area contributed by atoms with E-state index in [0.29, 0.717) is 0 Å². The molecule has 1 heterocycles. The molecule has 0 unspecified atom stereocenters. The van der Waals surface area contributed by atoms with E-state index in [1.165, 1.54) is 12.2 Å². The summed E-state index contributed by atoms with van der Waals surface area (Å²) in [6, 6.07) is 0. The van der Waals surface area contributed by atoms with Crippen LogP contribution in [-0.4, -0.2) is 22.6 Å². The minimum absolute atomic E-state index is 1.02. The summed E-state index contributed by atoms with van der Waals surface area (Å²) in [6.07, 6.45) is 6.14. The predicted molar refractivity (Wildman–Crippen MR) is 54.8 cm³/mol. The van der Waals surface area contributed by atoms with Crippen LogP contribution in [0, 0.1) is 0 Å². The third-order valence-corrected chi connectivity index (χ3v) is 2.12. The number of aryl methyl sites for hydroxylation is 2. The van der Waals surface area contributed by atoms with Crippen molar-refractivity contribution in [2.24, 2.45) is 0 Å². The zero-order valence-electron chi connectivity index (χ0n) is 8.58. The van der Waals surface area contributed by atoms with Crippen molar-refractivity contribution in [1.29, 1.82) is 0 Å². The van der Waals surface area contributed by atoms with Crippen LogP contribution in [0.4, 0.5) is 0 Å². The average molecular weight is 181 g/mol. The first-order valence-electron chi connectivity index (χ1n) is 5.09. The molecule has 0 aliphatic heterocycles. The fourth-order valence-electron chi connectivity index (χ4n) is 1.41. The molecule has 13 heavy (non-hydrogen) atoms. The molecule has 0 bridgehead atoms. The highest BCUT2D eigenvalue weighted by atomic mass is 15.1. The maximum absolute atomic E-state index is 4.28. The number of hydrogen-bond acceptors (Lipinski definition) is 2. The fraction of sp³-hybridized carbons (Fsp3) is 0.700. The number of aromatic nitrogens is 2.